The van der Waals surface area contributed by atoms with Gasteiger partial charge >= 0.3 is 5.97 Å². The van der Waals surface area contributed by atoms with Crippen molar-refractivity contribution in [1.82, 2.24) is 0 Å². The van der Waals surface area contributed by atoms with Gasteiger partial charge in [0, 0.05) is 10.6 Å². The van der Waals surface area contributed by atoms with Crippen LogP contribution in [-0.4, -0.2) is 13.1 Å². The Hall–Kier alpha value is -1.74. The molecule has 2 aromatic rings. The van der Waals surface area contributed by atoms with Crippen LogP contribution in [0.1, 0.15) is 44.4 Å². The van der Waals surface area contributed by atoms with Gasteiger partial charge in [-0.3, -0.25) is 4.79 Å². The third-order valence-corrected chi connectivity index (χ3v) is 5.33. The molecule has 0 aromatic heterocycles. The van der Waals surface area contributed by atoms with Crippen LogP contribution < -0.4 is 0 Å². The summed E-state index contributed by atoms with van der Waals surface area (Å²) in [7, 11) is 1.44. The van der Waals surface area contributed by atoms with Crippen LogP contribution in [0, 0.1) is 5.92 Å². The Bertz CT molecular complexity index is 699. The number of ether oxygens (including phenoxy) is 1. The van der Waals surface area contributed by atoms with Gasteiger partial charge in [0.2, 0.25) is 0 Å². The molecule has 0 spiro atoms. The number of rotatable bonds is 6. The van der Waals surface area contributed by atoms with Gasteiger partial charge in [-0.2, -0.15) is 0 Å². The van der Waals surface area contributed by atoms with E-state index in [0.717, 1.165) is 5.75 Å². The first-order chi connectivity index (χ1) is 11.8. The quantitative estimate of drug-likeness (QED) is 0.496. The topological polar surface area (TPSA) is 26.3 Å². The van der Waals surface area contributed by atoms with Gasteiger partial charge in [-0.1, -0.05) is 64.1 Å². The lowest BCUT2D eigenvalue weighted by molar-refractivity contribution is -0.144. The minimum Gasteiger partial charge on any atom is -0.469 e. The standard InChI is InChI=1S/C22H28O2S/c1-16(21(23)24-5)13-18-7-6-8-20(14-18)25-15-17-9-11-19(12-10-17)22(2,3)4/h6-12,14,16H,13,15H2,1-5H3/t16-/m0/s1. The van der Waals surface area contributed by atoms with Gasteiger partial charge < -0.3 is 4.74 Å². The predicted molar refractivity (Wildman–Crippen MR) is 106 cm³/mol. The molecule has 2 nitrogen and oxygen atoms in total. The van der Waals surface area contributed by atoms with Crippen LogP contribution in [-0.2, 0) is 27.1 Å². The lowest BCUT2D eigenvalue weighted by atomic mass is 9.87. The van der Waals surface area contributed by atoms with Crippen molar-refractivity contribution in [2.45, 2.75) is 50.2 Å². The summed E-state index contributed by atoms with van der Waals surface area (Å²) in [4.78, 5) is 12.8. The second-order valence-corrected chi connectivity index (χ2v) is 8.56. The Labute approximate surface area is 156 Å². The number of hydrogen-bond acceptors (Lipinski definition) is 3. The minimum atomic E-state index is -0.156. The second-order valence-electron chi connectivity index (χ2n) is 7.51. The maximum Gasteiger partial charge on any atom is 0.308 e. The van der Waals surface area contributed by atoms with Gasteiger partial charge in [0.1, 0.15) is 0 Å². The van der Waals surface area contributed by atoms with Crippen molar-refractivity contribution in [2.24, 2.45) is 5.92 Å². The molecule has 0 aliphatic heterocycles. The summed E-state index contributed by atoms with van der Waals surface area (Å²) in [6, 6.07) is 17.3. The number of esters is 1. The Morgan fingerprint density at radius 1 is 1.08 bits per heavy atom. The van der Waals surface area contributed by atoms with Crippen LogP contribution in [0.4, 0.5) is 0 Å². The molecule has 134 valence electrons. The minimum absolute atomic E-state index is 0.116. The molecule has 0 fully saturated rings. The highest BCUT2D eigenvalue weighted by atomic mass is 32.2. The van der Waals surface area contributed by atoms with Crippen molar-refractivity contribution in [3.63, 3.8) is 0 Å². The summed E-state index contributed by atoms with van der Waals surface area (Å²) in [5.74, 6) is 0.674. The van der Waals surface area contributed by atoms with E-state index < -0.39 is 0 Å². The van der Waals surface area contributed by atoms with Crippen molar-refractivity contribution in [1.29, 1.82) is 0 Å². The Kier molecular flexibility index (Phi) is 6.71. The molecule has 2 rings (SSSR count). The maximum absolute atomic E-state index is 11.6. The average Bonchev–Trinajstić information content (AvgIpc) is 2.59. The van der Waals surface area contributed by atoms with E-state index >= 15 is 0 Å². The second kappa shape index (κ2) is 8.57. The monoisotopic (exact) mass is 356 g/mol. The van der Waals surface area contributed by atoms with Gasteiger partial charge in [0.05, 0.1) is 13.0 Å². The molecule has 0 saturated carbocycles. The van der Waals surface area contributed by atoms with Crippen LogP contribution in [0.3, 0.4) is 0 Å². The molecule has 25 heavy (non-hydrogen) atoms. The molecular weight excluding hydrogens is 328 g/mol. The first-order valence-corrected chi connectivity index (χ1v) is 9.67. The van der Waals surface area contributed by atoms with E-state index in [1.165, 1.54) is 28.7 Å². The number of thioether (sulfide) groups is 1. The molecule has 1 atom stereocenters. The van der Waals surface area contributed by atoms with Crippen molar-refractivity contribution >= 4 is 17.7 Å². The van der Waals surface area contributed by atoms with Gasteiger partial charge in [0.25, 0.3) is 0 Å². The Morgan fingerprint density at radius 3 is 2.36 bits per heavy atom. The highest BCUT2D eigenvalue weighted by molar-refractivity contribution is 7.98. The van der Waals surface area contributed by atoms with Gasteiger partial charge in [-0.25, -0.2) is 0 Å². The van der Waals surface area contributed by atoms with E-state index in [9.17, 15) is 4.79 Å². The number of hydrogen-bond donors (Lipinski definition) is 0. The number of benzene rings is 2. The fourth-order valence-electron chi connectivity index (χ4n) is 2.67. The first-order valence-electron chi connectivity index (χ1n) is 8.68. The Balaban J connectivity index is 1.97. The van der Waals surface area contributed by atoms with E-state index in [2.05, 4.69) is 69.3 Å². The highest BCUT2D eigenvalue weighted by Gasteiger charge is 2.14. The summed E-state index contributed by atoms with van der Waals surface area (Å²) in [5, 5.41) is 0. The zero-order valence-electron chi connectivity index (χ0n) is 15.8. The molecule has 0 aliphatic rings. The fourth-order valence-corrected chi connectivity index (χ4v) is 3.60. The summed E-state index contributed by atoms with van der Waals surface area (Å²) in [5.41, 5.74) is 4.05. The van der Waals surface area contributed by atoms with Crippen LogP contribution >= 0.6 is 11.8 Å². The van der Waals surface area contributed by atoms with Crippen LogP contribution in [0.25, 0.3) is 0 Å². The molecule has 0 saturated heterocycles. The molecule has 0 bridgehead atoms. The van der Waals surface area contributed by atoms with Crippen molar-refractivity contribution in [2.75, 3.05) is 7.11 Å². The normalized spacial score (nSPS) is 12.7. The third kappa shape index (κ3) is 5.93. The third-order valence-electron chi connectivity index (χ3n) is 4.27. The summed E-state index contributed by atoms with van der Waals surface area (Å²) in [6.45, 7) is 8.61. The van der Waals surface area contributed by atoms with E-state index in [0.29, 0.717) is 6.42 Å². The molecule has 0 unspecified atom stereocenters. The van der Waals surface area contributed by atoms with E-state index in [4.69, 9.17) is 4.74 Å². The molecule has 0 N–H and O–H groups in total. The molecular formula is C22H28O2S. The molecule has 3 heteroatoms. The van der Waals surface area contributed by atoms with E-state index in [1.54, 1.807) is 0 Å². The zero-order chi connectivity index (χ0) is 18.4. The lowest BCUT2D eigenvalue weighted by Crippen LogP contribution is -2.15. The number of carbonyl (C=O) groups is 1. The van der Waals surface area contributed by atoms with Gasteiger partial charge in [0.15, 0.2) is 0 Å². The predicted octanol–water partition coefficient (Wildman–Crippen LogP) is 5.63. The molecule has 0 radical (unpaired) electrons. The largest absolute Gasteiger partial charge is 0.469 e. The molecule has 0 amide bonds. The first kappa shape index (κ1) is 19.6. The molecule has 0 heterocycles. The average molecular weight is 357 g/mol. The molecule has 0 aliphatic carbocycles. The lowest BCUT2D eigenvalue weighted by Gasteiger charge is -2.19. The summed E-state index contributed by atoms with van der Waals surface area (Å²) < 4.78 is 4.81. The highest BCUT2D eigenvalue weighted by Crippen LogP contribution is 2.27. The van der Waals surface area contributed by atoms with Crippen molar-refractivity contribution in [3.8, 4) is 0 Å². The smallest absolute Gasteiger partial charge is 0.308 e. The van der Waals surface area contributed by atoms with E-state index in [1.807, 2.05) is 18.7 Å². The number of methoxy groups -OCH3 is 1. The zero-order valence-corrected chi connectivity index (χ0v) is 16.7. The van der Waals surface area contributed by atoms with Gasteiger partial charge in [-0.15, -0.1) is 11.8 Å². The summed E-state index contributed by atoms with van der Waals surface area (Å²) in [6.07, 6.45) is 0.710. The molecule has 2 aromatic carbocycles. The fraction of sp³-hybridized carbons (Fsp3) is 0.409. The SMILES string of the molecule is COC(=O)[C@@H](C)Cc1cccc(SCc2ccc(C(C)(C)C)cc2)c1. The van der Waals surface area contributed by atoms with Crippen molar-refractivity contribution in [3.05, 3.63) is 65.2 Å². The number of carbonyl (C=O) groups excluding carboxylic acids is 1. The Morgan fingerprint density at radius 2 is 1.76 bits per heavy atom. The van der Waals surface area contributed by atoms with Gasteiger partial charge in [-0.05, 0) is 40.7 Å². The van der Waals surface area contributed by atoms with Crippen LogP contribution in [0.15, 0.2) is 53.4 Å². The van der Waals surface area contributed by atoms with Crippen LogP contribution in [0.5, 0.6) is 0 Å². The van der Waals surface area contributed by atoms with Crippen LogP contribution in [0.2, 0.25) is 0 Å². The summed E-state index contributed by atoms with van der Waals surface area (Å²) >= 11 is 1.83. The van der Waals surface area contributed by atoms with E-state index in [-0.39, 0.29) is 17.3 Å². The van der Waals surface area contributed by atoms with Crippen molar-refractivity contribution < 1.29 is 9.53 Å². The maximum atomic E-state index is 11.6.